The number of halogens is 2. The molecule has 0 radical (unpaired) electrons. The molecule has 1 aromatic carbocycles. The summed E-state index contributed by atoms with van der Waals surface area (Å²) < 4.78 is 25.7. The lowest BCUT2D eigenvalue weighted by Gasteiger charge is -2.07. The summed E-state index contributed by atoms with van der Waals surface area (Å²) in [6.07, 6.45) is 0. The summed E-state index contributed by atoms with van der Waals surface area (Å²) >= 11 is 3.20. The van der Waals surface area contributed by atoms with Crippen LogP contribution in [0.3, 0.4) is 0 Å². The molecule has 0 aliphatic carbocycles. The Bertz CT molecular complexity index is 450. The van der Waals surface area contributed by atoms with Crippen molar-refractivity contribution in [3.05, 3.63) is 34.1 Å². The van der Waals surface area contributed by atoms with Crippen molar-refractivity contribution in [3.8, 4) is 0 Å². The van der Waals surface area contributed by atoms with Gasteiger partial charge in [-0.3, -0.25) is 9.00 Å². The minimum Gasteiger partial charge on any atom is -0.481 e. The van der Waals surface area contributed by atoms with Crippen LogP contribution < -0.4 is 0 Å². The third-order valence-electron chi connectivity index (χ3n) is 2.18. The van der Waals surface area contributed by atoms with Gasteiger partial charge >= 0.3 is 5.97 Å². The highest BCUT2D eigenvalue weighted by Gasteiger charge is 2.16. The zero-order valence-electron chi connectivity index (χ0n) is 9.15. The zero-order valence-corrected chi connectivity index (χ0v) is 11.6. The first-order valence-electron chi connectivity index (χ1n) is 4.92. The summed E-state index contributed by atoms with van der Waals surface area (Å²) in [6.45, 7) is 1.48. The lowest BCUT2D eigenvalue weighted by Crippen LogP contribution is -2.18. The van der Waals surface area contributed by atoms with E-state index in [9.17, 15) is 13.4 Å². The fourth-order valence-corrected chi connectivity index (χ4v) is 3.03. The molecule has 0 aliphatic rings. The molecule has 2 atom stereocenters. The molecule has 0 aliphatic heterocycles. The van der Waals surface area contributed by atoms with Crippen molar-refractivity contribution in [2.24, 2.45) is 5.92 Å². The third kappa shape index (κ3) is 4.55. The molecule has 0 heterocycles. The Balaban J connectivity index is 2.68. The maximum Gasteiger partial charge on any atom is 0.307 e. The fourth-order valence-electron chi connectivity index (χ4n) is 1.24. The summed E-state index contributed by atoms with van der Waals surface area (Å²) in [7, 11) is -1.38. The summed E-state index contributed by atoms with van der Waals surface area (Å²) in [4.78, 5) is 10.6. The molecule has 1 N–H and O–H groups in total. The van der Waals surface area contributed by atoms with Crippen LogP contribution in [0.5, 0.6) is 0 Å². The number of hydrogen-bond acceptors (Lipinski definition) is 2. The molecule has 1 rings (SSSR count). The van der Waals surface area contributed by atoms with Crippen molar-refractivity contribution in [1.82, 2.24) is 0 Å². The first-order chi connectivity index (χ1) is 7.90. The van der Waals surface area contributed by atoms with Crippen LogP contribution in [0.15, 0.2) is 22.7 Å². The Morgan fingerprint density at radius 1 is 1.59 bits per heavy atom. The Kier molecular flexibility index (Phi) is 5.27. The van der Waals surface area contributed by atoms with Crippen molar-refractivity contribution in [2.75, 3.05) is 5.75 Å². The van der Waals surface area contributed by atoms with E-state index in [4.69, 9.17) is 5.11 Å². The summed E-state index contributed by atoms with van der Waals surface area (Å²) in [5.41, 5.74) is 0.329. The molecule has 3 nitrogen and oxygen atoms in total. The molecule has 0 amide bonds. The van der Waals surface area contributed by atoms with Crippen molar-refractivity contribution in [2.45, 2.75) is 12.7 Å². The van der Waals surface area contributed by atoms with E-state index in [0.717, 1.165) is 0 Å². The van der Waals surface area contributed by atoms with Crippen LogP contribution in [-0.2, 0) is 21.3 Å². The Morgan fingerprint density at radius 3 is 2.82 bits per heavy atom. The van der Waals surface area contributed by atoms with Gasteiger partial charge in [-0.1, -0.05) is 22.9 Å². The Morgan fingerprint density at radius 2 is 2.24 bits per heavy atom. The lowest BCUT2D eigenvalue weighted by molar-refractivity contribution is -0.140. The van der Waals surface area contributed by atoms with E-state index in [2.05, 4.69) is 15.9 Å². The van der Waals surface area contributed by atoms with Gasteiger partial charge in [0.25, 0.3) is 0 Å². The van der Waals surface area contributed by atoms with Gasteiger partial charge in [0.1, 0.15) is 5.82 Å². The topological polar surface area (TPSA) is 54.4 Å². The summed E-state index contributed by atoms with van der Waals surface area (Å²) in [6, 6.07) is 4.40. The van der Waals surface area contributed by atoms with Crippen molar-refractivity contribution < 1.29 is 18.5 Å². The molecule has 0 saturated heterocycles. The number of aliphatic carboxylic acids is 1. The van der Waals surface area contributed by atoms with Crippen LogP contribution in [0.2, 0.25) is 0 Å². The van der Waals surface area contributed by atoms with Crippen LogP contribution in [-0.4, -0.2) is 21.0 Å². The van der Waals surface area contributed by atoms with Crippen LogP contribution in [0.4, 0.5) is 4.39 Å². The van der Waals surface area contributed by atoms with Gasteiger partial charge < -0.3 is 5.11 Å². The van der Waals surface area contributed by atoms with Gasteiger partial charge in [-0.25, -0.2) is 4.39 Å². The van der Waals surface area contributed by atoms with Crippen LogP contribution in [0, 0.1) is 11.7 Å². The Labute approximate surface area is 110 Å². The molecule has 0 spiro atoms. The lowest BCUT2D eigenvalue weighted by atomic mass is 10.2. The highest BCUT2D eigenvalue weighted by atomic mass is 79.9. The van der Waals surface area contributed by atoms with Gasteiger partial charge in [0.2, 0.25) is 0 Å². The second-order valence-corrected chi connectivity index (χ2v) is 6.14. The predicted octanol–water partition coefficient (Wildman–Crippen LogP) is 2.56. The Hall–Kier alpha value is -0.750. The number of benzene rings is 1. The monoisotopic (exact) mass is 322 g/mol. The highest BCUT2D eigenvalue weighted by molar-refractivity contribution is 9.10. The zero-order chi connectivity index (χ0) is 13.0. The third-order valence-corrected chi connectivity index (χ3v) is 4.18. The van der Waals surface area contributed by atoms with Crippen LogP contribution in [0.25, 0.3) is 0 Å². The summed E-state index contributed by atoms with van der Waals surface area (Å²) in [5.74, 6) is -2.05. The normalized spacial score (nSPS) is 14.3. The van der Waals surface area contributed by atoms with E-state index >= 15 is 0 Å². The second-order valence-electron chi connectivity index (χ2n) is 3.73. The first-order valence-corrected chi connectivity index (χ1v) is 7.20. The van der Waals surface area contributed by atoms with Gasteiger partial charge in [0, 0.05) is 26.6 Å². The van der Waals surface area contributed by atoms with E-state index in [1.165, 1.54) is 13.0 Å². The van der Waals surface area contributed by atoms with Crippen LogP contribution >= 0.6 is 15.9 Å². The quantitative estimate of drug-likeness (QED) is 0.906. The van der Waals surface area contributed by atoms with Gasteiger partial charge in [0.05, 0.1) is 11.7 Å². The number of carboxylic acids is 1. The molecule has 0 bridgehead atoms. The van der Waals surface area contributed by atoms with Crippen molar-refractivity contribution >= 4 is 32.7 Å². The molecule has 0 fully saturated rings. The molecule has 17 heavy (non-hydrogen) atoms. The highest BCUT2D eigenvalue weighted by Crippen LogP contribution is 2.17. The molecule has 0 aromatic heterocycles. The molecular formula is C11H12BrFO3S. The van der Waals surface area contributed by atoms with Gasteiger partial charge in [-0.15, -0.1) is 0 Å². The minimum atomic E-state index is -1.38. The van der Waals surface area contributed by atoms with E-state index < -0.39 is 28.5 Å². The smallest absolute Gasteiger partial charge is 0.307 e. The fraction of sp³-hybridized carbons (Fsp3) is 0.364. The molecule has 6 heteroatoms. The number of carboxylic acid groups (broad SMARTS) is 1. The standard InChI is InChI=1S/C11H12BrFO3S/c1-7(11(14)15)5-17(16)6-8-4-9(12)2-3-10(8)13/h2-4,7H,5-6H2,1H3,(H,14,15). The van der Waals surface area contributed by atoms with Crippen molar-refractivity contribution in [1.29, 1.82) is 0 Å². The largest absolute Gasteiger partial charge is 0.481 e. The van der Waals surface area contributed by atoms with E-state index in [1.807, 2.05) is 0 Å². The second kappa shape index (κ2) is 6.26. The molecule has 0 saturated carbocycles. The van der Waals surface area contributed by atoms with Gasteiger partial charge in [0.15, 0.2) is 0 Å². The van der Waals surface area contributed by atoms with Gasteiger partial charge in [-0.05, 0) is 18.2 Å². The molecular weight excluding hydrogens is 311 g/mol. The maximum atomic E-state index is 13.4. The summed E-state index contributed by atoms with van der Waals surface area (Å²) in [5, 5.41) is 8.68. The van der Waals surface area contributed by atoms with Crippen molar-refractivity contribution in [3.63, 3.8) is 0 Å². The van der Waals surface area contributed by atoms with E-state index in [-0.39, 0.29) is 11.5 Å². The predicted molar refractivity (Wildman–Crippen MR) is 67.6 cm³/mol. The first kappa shape index (κ1) is 14.3. The molecule has 94 valence electrons. The average Bonchev–Trinajstić information content (AvgIpc) is 2.23. The number of rotatable bonds is 5. The minimum absolute atomic E-state index is 0.0291. The average molecular weight is 323 g/mol. The van der Waals surface area contributed by atoms with E-state index in [1.54, 1.807) is 12.1 Å². The van der Waals surface area contributed by atoms with E-state index in [0.29, 0.717) is 10.0 Å². The SMILES string of the molecule is CC(CS(=O)Cc1cc(Br)ccc1F)C(=O)O. The molecule has 2 unspecified atom stereocenters. The number of carbonyl (C=O) groups is 1. The number of hydrogen-bond donors (Lipinski definition) is 1. The van der Waals surface area contributed by atoms with Gasteiger partial charge in [-0.2, -0.15) is 0 Å². The van der Waals surface area contributed by atoms with Crippen LogP contribution in [0.1, 0.15) is 12.5 Å². The molecule has 1 aromatic rings. The maximum absolute atomic E-state index is 13.4.